The molecule has 7 heteroatoms. The molecule has 1 aliphatic heterocycles. The first-order chi connectivity index (χ1) is 10.9. The summed E-state index contributed by atoms with van der Waals surface area (Å²) in [5.74, 6) is -0.589. The summed E-state index contributed by atoms with van der Waals surface area (Å²) in [5, 5.41) is 3.95. The van der Waals surface area contributed by atoms with Crippen LogP contribution < -0.4 is 5.43 Å². The molecule has 3 rings (SSSR count). The highest BCUT2D eigenvalue weighted by molar-refractivity contribution is 6.02. The lowest BCUT2D eigenvalue weighted by Gasteiger charge is -2.18. The maximum absolute atomic E-state index is 13.4. The Morgan fingerprint density at radius 1 is 1.04 bits per heavy atom. The van der Waals surface area contributed by atoms with Crippen molar-refractivity contribution < 1.29 is 22.3 Å². The van der Waals surface area contributed by atoms with E-state index < -0.39 is 17.6 Å². The summed E-state index contributed by atoms with van der Waals surface area (Å²) in [5.41, 5.74) is 2.53. The highest BCUT2D eigenvalue weighted by atomic mass is 19.4. The van der Waals surface area contributed by atoms with Crippen LogP contribution in [0.3, 0.4) is 0 Å². The van der Waals surface area contributed by atoms with Gasteiger partial charge in [0.1, 0.15) is 12.5 Å². The molecule has 3 nitrogen and oxygen atoms in total. The monoisotopic (exact) mass is 324 g/mol. The number of hydrogen-bond acceptors (Lipinski definition) is 3. The van der Waals surface area contributed by atoms with Crippen molar-refractivity contribution >= 4 is 5.71 Å². The second-order valence-corrected chi connectivity index (χ2v) is 4.98. The lowest BCUT2D eigenvalue weighted by molar-refractivity contribution is -0.137. The molecule has 0 bridgehead atoms. The lowest BCUT2D eigenvalue weighted by atomic mass is 9.95. The van der Waals surface area contributed by atoms with Crippen molar-refractivity contribution in [2.75, 3.05) is 13.3 Å². The number of halogens is 4. The van der Waals surface area contributed by atoms with Crippen molar-refractivity contribution in [3.8, 4) is 11.1 Å². The predicted molar refractivity (Wildman–Crippen MR) is 77.3 cm³/mol. The molecular weight excluding hydrogens is 312 g/mol. The molecule has 1 N–H and O–H groups in total. The van der Waals surface area contributed by atoms with Crippen LogP contribution in [0.2, 0.25) is 0 Å². The highest BCUT2D eigenvalue weighted by Crippen LogP contribution is 2.38. The van der Waals surface area contributed by atoms with Crippen molar-refractivity contribution in [2.45, 2.75) is 6.18 Å². The number of nitrogens with zero attached hydrogens (tertiary/aromatic N) is 1. The molecule has 0 saturated heterocycles. The topological polar surface area (TPSA) is 33.6 Å². The predicted octanol–water partition coefficient (Wildman–Crippen LogP) is 3.79. The molecule has 0 atom stereocenters. The minimum Gasteiger partial charge on any atom is -0.353 e. The molecule has 0 radical (unpaired) electrons. The summed E-state index contributed by atoms with van der Waals surface area (Å²) in [7, 11) is 0. The summed E-state index contributed by atoms with van der Waals surface area (Å²) in [6, 6.07) is 8.93. The fourth-order valence-electron chi connectivity index (χ4n) is 2.37. The largest absolute Gasteiger partial charge is 0.417 e. The molecule has 0 fully saturated rings. The van der Waals surface area contributed by atoms with Crippen LogP contribution in [0.4, 0.5) is 17.6 Å². The summed E-state index contributed by atoms with van der Waals surface area (Å²) in [6.45, 7) is 0.348. The van der Waals surface area contributed by atoms with Crippen molar-refractivity contribution in [3.05, 3.63) is 59.4 Å². The minimum absolute atomic E-state index is 0.0777. The zero-order chi connectivity index (χ0) is 16.4. The van der Waals surface area contributed by atoms with Crippen molar-refractivity contribution in [1.29, 1.82) is 0 Å². The van der Waals surface area contributed by atoms with Crippen LogP contribution in [0.15, 0.2) is 47.6 Å². The number of ether oxygens (including phenoxy) is 1. The molecule has 0 amide bonds. The number of nitrogens with one attached hydrogen (secondary N) is 1. The normalized spacial score (nSPS) is 15.0. The van der Waals surface area contributed by atoms with E-state index in [1.165, 1.54) is 30.3 Å². The number of hydrogen-bond donors (Lipinski definition) is 1. The number of alkyl halides is 3. The van der Waals surface area contributed by atoms with E-state index in [0.717, 1.165) is 12.1 Å². The fourth-order valence-corrected chi connectivity index (χ4v) is 2.37. The molecule has 120 valence electrons. The van der Waals surface area contributed by atoms with Gasteiger partial charge in [0.05, 0.1) is 17.9 Å². The van der Waals surface area contributed by atoms with E-state index in [4.69, 9.17) is 4.74 Å². The van der Waals surface area contributed by atoms with Crippen LogP contribution in [0.25, 0.3) is 11.1 Å². The Morgan fingerprint density at radius 3 is 2.52 bits per heavy atom. The Kier molecular flexibility index (Phi) is 4.04. The van der Waals surface area contributed by atoms with Gasteiger partial charge >= 0.3 is 6.18 Å². The van der Waals surface area contributed by atoms with Gasteiger partial charge in [0.2, 0.25) is 0 Å². The van der Waals surface area contributed by atoms with Crippen LogP contribution in [0.5, 0.6) is 0 Å². The van der Waals surface area contributed by atoms with E-state index in [2.05, 4.69) is 10.5 Å². The average Bonchev–Trinajstić information content (AvgIpc) is 2.54. The van der Waals surface area contributed by atoms with E-state index in [-0.39, 0.29) is 24.5 Å². The third-order valence-corrected chi connectivity index (χ3v) is 3.41. The number of rotatable bonds is 2. The number of hydrazone groups is 1. The first-order valence-electron chi connectivity index (χ1n) is 6.80. The van der Waals surface area contributed by atoms with E-state index in [0.29, 0.717) is 11.3 Å². The Hall–Kier alpha value is -2.41. The Bertz CT molecular complexity index is 756. The van der Waals surface area contributed by atoms with Gasteiger partial charge in [0, 0.05) is 5.56 Å². The van der Waals surface area contributed by atoms with Gasteiger partial charge in [-0.05, 0) is 29.3 Å². The van der Waals surface area contributed by atoms with Crippen LogP contribution in [-0.4, -0.2) is 19.0 Å². The van der Waals surface area contributed by atoms with Crippen molar-refractivity contribution in [1.82, 2.24) is 5.43 Å². The standard InChI is InChI=1S/C16H12F4N2O/c17-12-3-1-2-10(6-12)13-5-4-11(7-14(13)16(18,19)20)15-8-23-9-21-22-15/h1-7,21H,8-9H2. The minimum atomic E-state index is -4.57. The zero-order valence-electron chi connectivity index (χ0n) is 11.8. The van der Waals surface area contributed by atoms with Gasteiger partial charge in [-0.15, -0.1) is 0 Å². The van der Waals surface area contributed by atoms with Gasteiger partial charge in [-0.25, -0.2) is 4.39 Å². The van der Waals surface area contributed by atoms with Crippen LogP contribution in [0.1, 0.15) is 11.1 Å². The number of benzene rings is 2. The molecule has 0 unspecified atom stereocenters. The fraction of sp³-hybridized carbons (Fsp3) is 0.188. The molecule has 2 aromatic rings. The zero-order valence-corrected chi connectivity index (χ0v) is 11.8. The second kappa shape index (κ2) is 6.00. The van der Waals surface area contributed by atoms with Crippen LogP contribution >= 0.6 is 0 Å². The smallest absolute Gasteiger partial charge is 0.353 e. The SMILES string of the molecule is Fc1cccc(-c2ccc(C3=NNCOC3)cc2C(F)(F)F)c1. The first-order valence-corrected chi connectivity index (χ1v) is 6.80. The molecule has 1 heterocycles. The maximum Gasteiger partial charge on any atom is 0.417 e. The molecule has 0 aliphatic carbocycles. The van der Waals surface area contributed by atoms with E-state index in [1.54, 1.807) is 0 Å². The maximum atomic E-state index is 13.4. The second-order valence-electron chi connectivity index (χ2n) is 4.98. The summed E-state index contributed by atoms with van der Waals surface area (Å²) in [6.07, 6.45) is -4.57. The molecule has 2 aromatic carbocycles. The molecular formula is C16H12F4N2O. The van der Waals surface area contributed by atoms with Crippen molar-refractivity contribution in [2.24, 2.45) is 5.10 Å². The molecule has 23 heavy (non-hydrogen) atoms. The molecule has 0 spiro atoms. The van der Waals surface area contributed by atoms with Crippen molar-refractivity contribution in [3.63, 3.8) is 0 Å². The van der Waals surface area contributed by atoms with Gasteiger partial charge in [-0.1, -0.05) is 24.3 Å². The average molecular weight is 324 g/mol. The Morgan fingerprint density at radius 2 is 1.87 bits per heavy atom. The van der Waals surface area contributed by atoms with Gasteiger partial charge in [0.15, 0.2) is 0 Å². The third-order valence-electron chi connectivity index (χ3n) is 3.41. The summed E-state index contributed by atoms with van der Waals surface area (Å²) >= 11 is 0. The summed E-state index contributed by atoms with van der Waals surface area (Å²) in [4.78, 5) is 0. The Balaban J connectivity index is 2.12. The lowest BCUT2D eigenvalue weighted by Crippen LogP contribution is -2.26. The van der Waals surface area contributed by atoms with Gasteiger partial charge in [-0.3, -0.25) is 5.43 Å². The van der Waals surface area contributed by atoms with Crippen LogP contribution in [0, 0.1) is 5.82 Å². The molecule has 1 aliphatic rings. The van der Waals surface area contributed by atoms with E-state index >= 15 is 0 Å². The van der Waals surface area contributed by atoms with Gasteiger partial charge < -0.3 is 4.74 Å². The first kappa shape index (κ1) is 15.5. The summed E-state index contributed by atoms with van der Waals surface area (Å²) < 4.78 is 58.6. The van der Waals surface area contributed by atoms with Crippen LogP contribution in [-0.2, 0) is 10.9 Å². The quantitative estimate of drug-likeness (QED) is 0.853. The van der Waals surface area contributed by atoms with Gasteiger partial charge in [-0.2, -0.15) is 18.3 Å². The highest BCUT2D eigenvalue weighted by Gasteiger charge is 2.34. The Labute approximate surface area is 129 Å². The van der Waals surface area contributed by atoms with E-state index in [9.17, 15) is 17.6 Å². The van der Waals surface area contributed by atoms with Gasteiger partial charge in [0.25, 0.3) is 0 Å². The molecule has 0 aromatic heterocycles. The van der Waals surface area contributed by atoms with E-state index in [1.807, 2.05) is 0 Å². The third kappa shape index (κ3) is 3.34. The molecule has 0 saturated carbocycles.